The van der Waals surface area contributed by atoms with Gasteiger partial charge in [-0.2, -0.15) is 0 Å². The van der Waals surface area contributed by atoms with Gasteiger partial charge in [-0.25, -0.2) is 0 Å². The Morgan fingerprint density at radius 3 is 2.77 bits per heavy atom. The molecule has 0 fully saturated rings. The van der Waals surface area contributed by atoms with Gasteiger partial charge in [0.25, 0.3) is 0 Å². The molecule has 0 aliphatic carbocycles. The summed E-state index contributed by atoms with van der Waals surface area (Å²) in [7, 11) is 0. The van der Waals surface area contributed by atoms with Crippen LogP contribution in [0.5, 0.6) is 0 Å². The number of alkyl halides is 1. The number of rotatable bonds is 2. The SMILES string of the molecule is CC(Br)C(=O)c1cc(I)ccc1S. The number of hydrogen-bond donors (Lipinski definition) is 1. The third-order valence-electron chi connectivity index (χ3n) is 1.59. The summed E-state index contributed by atoms with van der Waals surface area (Å²) in [6, 6.07) is 5.62. The minimum atomic E-state index is -0.156. The third-order valence-corrected chi connectivity index (χ3v) is 3.06. The molecule has 0 saturated heterocycles. The van der Waals surface area contributed by atoms with Gasteiger partial charge in [0.1, 0.15) is 0 Å². The Bertz CT molecular complexity index is 338. The highest BCUT2D eigenvalue weighted by Crippen LogP contribution is 2.20. The van der Waals surface area contributed by atoms with Crippen LogP contribution in [0.25, 0.3) is 0 Å². The van der Waals surface area contributed by atoms with E-state index in [-0.39, 0.29) is 10.6 Å². The number of hydrogen-bond acceptors (Lipinski definition) is 2. The lowest BCUT2D eigenvalue weighted by Gasteiger charge is -2.06. The molecule has 0 radical (unpaired) electrons. The van der Waals surface area contributed by atoms with Gasteiger partial charge in [-0.05, 0) is 47.7 Å². The van der Waals surface area contributed by atoms with E-state index in [0.717, 1.165) is 8.47 Å². The quantitative estimate of drug-likeness (QED) is 0.364. The van der Waals surface area contributed by atoms with Crippen LogP contribution in [0.2, 0.25) is 0 Å². The molecule has 1 rings (SSSR count). The van der Waals surface area contributed by atoms with E-state index in [4.69, 9.17) is 0 Å². The van der Waals surface area contributed by atoms with Crippen molar-refractivity contribution in [3.63, 3.8) is 0 Å². The first-order chi connectivity index (χ1) is 6.02. The lowest BCUT2D eigenvalue weighted by Crippen LogP contribution is -2.10. The highest BCUT2D eigenvalue weighted by atomic mass is 127. The van der Waals surface area contributed by atoms with Crippen molar-refractivity contribution in [3.8, 4) is 0 Å². The Labute approximate surface area is 105 Å². The van der Waals surface area contributed by atoms with Crippen molar-refractivity contribution in [2.45, 2.75) is 16.6 Å². The molecule has 70 valence electrons. The van der Waals surface area contributed by atoms with E-state index in [0.29, 0.717) is 5.56 Å². The molecule has 1 aromatic carbocycles. The summed E-state index contributed by atoms with van der Waals surface area (Å²) in [5, 5.41) is 0. The van der Waals surface area contributed by atoms with E-state index in [1.165, 1.54) is 0 Å². The van der Waals surface area contributed by atoms with Crippen LogP contribution in [0, 0.1) is 3.57 Å². The fourth-order valence-corrected chi connectivity index (χ4v) is 1.91. The second-order valence-corrected chi connectivity index (χ2v) is 5.74. The fraction of sp³-hybridized carbons (Fsp3) is 0.222. The van der Waals surface area contributed by atoms with Gasteiger partial charge >= 0.3 is 0 Å². The zero-order valence-corrected chi connectivity index (χ0v) is 11.6. The smallest absolute Gasteiger partial charge is 0.177 e. The van der Waals surface area contributed by atoms with Gasteiger partial charge in [-0.3, -0.25) is 4.79 Å². The minimum Gasteiger partial charge on any atom is -0.293 e. The van der Waals surface area contributed by atoms with Crippen LogP contribution in [0.4, 0.5) is 0 Å². The van der Waals surface area contributed by atoms with Crippen LogP contribution < -0.4 is 0 Å². The maximum absolute atomic E-state index is 11.6. The molecule has 0 spiro atoms. The fourth-order valence-electron chi connectivity index (χ4n) is 0.920. The highest BCUT2D eigenvalue weighted by molar-refractivity contribution is 14.1. The summed E-state index contributed by atoms with van der Waals surface area (Å²) in [5.74, 6) is 0.0727. The van der Waals surface area contributed by atoms with Crippen LogP contribution in [0.15, 0.2) is 23.1 Å². The zero-order chi connectivity index (χ0) is 10.0. The van der Waals surface area contributed by atoms with Crippen molar-refractivity contribution in [3.05, 3.63) is 27.3 Å². The van der Waals surface area contributed by atoms with Gasteiger partial charge in [0.2, 0.25) is 0 Å². The molecular formula is C9H8BrIOS. The second kappa shape index (κ2) is 4.79. The third kappa shape index (κ3) is 2.95. The first-order valence-corrected chi connectivity index (χ1v) is 6.13. The molecule has 1 nitrogen and oxygen atoms in total. The number of carbonyl (C=O) groups is 1. The average Bonchev–Trinajstić information content (AvgIpc) is 2.08. The minimum absolute atomic E-state index is 0.0727. The molecule has 1 atom stereocenters. The molecule has 0 heterocycles. The van der Waals surface area contributed by atoms with E-state index in [2.05, 4.69) is 51.1 Å². The van der Waals surface area contributed by atoms with Crippen molar-refractivity contribution in [1.29, 1.82) is 0 Å². The molecule has 0 bridgehead atoms. The molecule has 0 amide bonds. The number of ketones is 1. The van der Waals surface area contributed by atoms with E-state index >= 15 is 0 Å². The second-order valence-electron chi connectivity index (χ2n) is 2.64. The molecule has 13 heavy (non-hydrogen) atoms. The summed E-state index contributed by atoms with van der Waals surface area (Å²) in [6.07, 6.45) is 0. The lowest BCUT2D eigenvalue weighted by molar-refractivity contribution is 0.0993. The van der Waals surface area contributed by atoms with Crippen LogP contribution in [0.3, 0.4) is 0 Å². The molecule has 4 heteroatoms. The van der Waals surface area contributed by atoms with Gasteiger partial charge in [0.05, 0.1) is 4.83 Å². The monoisotopic (exact) mass is 370 g/mol. The zero-order valence-electron chi connectivity index (χ0n) is 6.92. The predicted molar refractivity (Wildman–Crippen MR) is 69.1 cm³/mol. The van der Waals surface area contributed by atoms with Gasteiger partial charge in [-0.1, -0.05) is 15.9 Å². The van der Waals surface area contributed by atoms with Gasteiger partial charge in [-0.15, -0.1) is 12.6 Å². The summed E-state index contributed by atoms with van der Waals surface area (Å²) >= 11 is 9.66. The summed E-state index contributed by atoms with van der Waals surface area (Å²) in [6.45, 7) is 1.81. The first-order valence-electron chi connectivity index (χ1n) is 3.69. The van der Waals surface area contributed by atoms with Crippen LogP contribution in [-0.2, 0) is 0 Å². The van der Waals surface area contributed by atoms with E-state index in [9.17, 15) is 4.79 Å². The lowest BCUT2D eigenvalue weighted by atomic mass is 10.1. The number of halogens is 2. The summed E-state index contributed by atoms with van der Waals surface area (Å²) in [4.78, 5) is 12.2. The number of Topliss-reactive ketones (excluding diaryl/α,β-unsaturated/α-hetero) is 1. The molecule has 0 aromatic heterocycles. The maximum atomic E-state index is 11.6. The van der Waals surface area contributed by atoms with E-state index < -0.39 is 0 Å². The van der Waals surface area contributed by atoms with Crippen molar-refractivity contribution in [2.24, 2.45) is 0 Å². The topological polar surface area (TPSA) is 17.1 Å². The molecule has 0 aliphatic heterocycles. The Hall–Kier alpha value is 0.450. The molecule has 0 N–H and O–H groups in total. The number of carbonyl (C=O) groups excluding carboxylic acids is 1. The van der Waals surface area contributed by atoms with Crippen molar-refractivity contribution < 1.29 is 4.79 Å². The molecule has 0 saturated carbocycles. The first kappa shape index (κ1) is 11.5. The molecule has 1 unspecified atom stereocenters. The summed E-state index contributed by atoms with van der Waals surface area (Å²) < 4.78 is 1.05. The highest BCUT2D eigenvalue weighted by Gasteiger charge is 2.14. The van der Waals surface area contributed by atoms with Crippen molar-refractivity contribution in [1.82, 2.24) is 0 Å². The van der Waals surface area contributed by atoms with Crippen LogP contribution in [-0.4, -0.2) is 10.6 Å². The van der Waals surface area contributed by atoms with Crippen LogP contribution in [0.1, 0.15) is 17.3 Å². The molecule has 1 aromatic rings. The maximum Gasteiger partial charge on any atom is 0.177 e. The van der Waals surface area contributed by atoms with Gasteiger partial charge in [0, 0.05) is 14.0 Å². The largest absolute Gasteiger partial charge is 0.293 e. The van der Waals surface area contributed by atoms with Crippen molar-refractivity contribution in [2.75, 3.05) is 0 Å². The van der Waals surface area contributed by atoms with Crippen LogP contribution >= 0.6 is 51.1 Å². The predicted octanol–water partition coefficient (Wildman–Crippen LogP) is 3.55. The number of benzene rings is 1. The Morgan fingerprint density at radius 2 is 2.23 bits per heavy atom. The molecular weight excluding hydrogens is 363 g/mol. The van der Waals surface area contributed by atoms with E-state index in [1.54, 1.807) is 0 Å². The van der Waals surface area contributed by atoms with E-state index in [1.807, 2.05) is 25.1 Å². The van der Waals surface area contributed by atoms with Gasteiger partial charge < -0.3 is 0 Å². The Balaban J connectivity index is 3.13. The standard InChI is InChI=1S/C9H8BrIOS/c1-5(10)9(12)7-4-6(11)2-3-8(7)13/h2-5,13H,1H3. The normalized spacial score (nSPS) is 12.6. The molecule has 0 aliphatic rings. The average molecular weight is 371 g/mol. The number of thiol groups is 1. The Kier molecular flexibility index (Phi) is 4.25. The summed E-state index contributed by atoms with van der Waals surface area (Å²) in [5.41, 5.74) is 0.680. The van der Waals surface area contributed by atoms with Crippen molar-refractivity contribution >= 4 is 56.9 Å². The van der Waals surface area contributed by atoms with Gasteiger partial charge in [0.15, 0.2) is 5.78 Å². The Morgan fingerprint density at radius 1 is 1.62 bits per heavy atom.